The van der Waals surface area contributed by atoms with E-state index in [-0.39, 0.29) is 11.4 Å². The second-order valence-electron chi connectivity index (χ2n) is 7.26. The van der Waals surface area contributed by atoms with Crippen LogP contribution in [0.25, 0.3) is 10.2 Å². The number of anilines is 1. The van der Waals surface area contributed by atoms with Crippen molar-refractivity contribution in [3.8, 4) is 11.5 Å². The number of carbonyl (C=O) groups is 1. The van der Waals surface area contributed by atoms with Gasteiger partial charge in [-0.1, -0.05) is 6.92 Å². The highest BCUT2D eigenvalue weighted by atomic mass is 32.1. The van der Waals surface area contributed by atoms with Gasteiger partial charge < -0.3 is 20.1 Å². The summed E-state index contributed by atoms with van der Waals surface area (Å²) in [4.78, 5) is 29.4. The molecule has 2 heterocycles. The number of hydrogen-bond acceptors (Lipinski definition) is 5. The molecule has 0 saturated carbocycles. The minimum Gasteiger partial charge on any atom is -0.506 e. The normalized spacial score (nSPS) is 16.3. The summed E-state index contributed by atoms with van der Waals surface area (Å²) in [6.07, 6.45) is -2.27. The standard InChI is InChI=1S/C20H17F3N2O4S/c1-9-2-7-12-13(8-9)30-19-14(12)16(26)15(18(28)25-19)17(27)24-10-3-5-11(6-4-10)29-20(21,22)23/h3-6,9H,2,7-8H2,1H3,(H,24,27)(H2,25,26,28). The summed E-state index contributed by atoms with van der Waals surface area (Å²) in [5.74, 6) is -1.17. The Labute approximate surface area is 172 Å². The number of aromatic amines is 1. The molecule has 2 aromatic heterocycles. The van der Waals surface area contributed by atoms with Gasteiger partial charge in [-0.05, 0) is 55.0 Å². The topological polar surface area (TPSA) is 91.4 Å². The third-order valence-electron chi connectivity index (χ3n) is 5.01. The first-order chi connectivity index (χ1) is 14.1. The maximum Gasteiger partial charge on any atom is 0.573 e. The predicted molar refractivity (Wildman–Crippen MR) is 106 cm³/mol. The molecule has 0 saturated heterocycles. The zero-order valence-electron chi connectivity index (χ0n) is 15.7. The molecule has 6 nitrogen and oxygen atoms in total. The number of H-pyrrole nitrogens is 1. The average Bonchev–Trinajstić information content (AvgIpc) is 2.99. The highest BCUT2D eigenvalue weighted by Gasteiger charge is 2.31. The molecule has 3 N–H and O–H groups in total. The maximum atomic E-state index is 12.7. The summed E-state index contributed by atoms with van der Waals surface area (Å²) in [7, 11) is 0. The minimum atomic E-state index is -4.82. The van der Waals surface area contributed by atoms with Gasteiger partial charge >= 0.3 is 6.36 Å². The fourth-order valence-electron chi connectivity index (χ4n) is 3.63. The third kappa shape index (κ3) is 3.87. The molecule has 3 aromatic rings. The van der Waals surface area contributed by atoms with Crippen molar-refractivity contribution in [2.75, 3.05) is 5.32 Å². The lowest BCUT2D eigenvalue weighted by Gasteiger charge is -2.18. The number of aryl methyl sites for hydroxylation is 1. The van der Waals surface area contributed by atoms with Crippen LogP contribution in [0.15, 0.2) is 29.1 Å². The quantitative estimate of drug-likeness (QED) is 0.559. The van der Waals surface area contributed by atoms with Crippen LogP contribution in [-0.4, -0.2) is 22.4 Å². The van der Waals surface area contributed by atoms with E-state index in [0.717, 1.165) is 41.8 Å². The second kappa shape index (κ2) is 7.35. The van der Waals surface area contributed by atoms with Gasteiger partial charge in [-0.25, -0.2) is 0 Å². The van der Waals surface area contributed by atoms with Crippen LogP contribution in [-0.2, 0) is 12.8 Å². The van der Waals surface area contributed by atoms with E-state index in [9.17, 15) is 27.9 Å². The minimum absolute atomic E-state index is 0.148. The molecule has 30 heavy (non-hydrogen) atoms. The van der Waals surface area contributed by atoms with Gasteiger partial charge in [0.2, 0.25) is 0 Å². The monoisotopic (exact) mass is 438 g/mol. The number of aromatic nitrogens is 1. The highest BCUT2D eigenvalue weighted by molar-refractivity contribution is 7.18. The van der Waals surface area contributed by atoms with Crippen LogP contribution in [0.2, 0.25) is 0 Å². The lowest BCUT2D eigenvalue weighted by Crippen LogP contribution is -2.23. The largest absolute Gasteiger partial charge is 0.573 e. The van der Waals surface area contributed by atoms with Crippen LogP contribution >= 0.6 is 11.3 Å². The Morgan fingerprint density at radius 2 is 2.00 bits per heavy atom. The molecule has 4 rings (SSSR count). The Bertz CT molecular complexity index is 1180. The van der Waals surface area contributed by atoms with Crippen molar-refractivity contribution in [3.05, 3.63) is 50.6 Å². The number of halogens is 3. The molecule has 158 valence electrons. The van der Waals surface area contributed by atoms with Crippen LogP contribution in [0.5, 0.6) is 11.5 Å². The van der Waals surface area contributed by atoms with E-state index in [1.54, 1.807) is 0 Å². The van der Waals surface area contributed by atoms with Gasteiger partial charge in [0.05, 0.1) is 5.39 Å². The summed E-state index contributed by atoms with van der Waals surface area (Å²) < 4.78 is 40.5. The summed E-state index contributed by atoms with van der Waals surface area (Å²) in [5, 5.41) is 13.7. The number of amides is 1. The van der Waals surface area contributed by atoms with Gasteiger partial charge in [-0.3, -0.25) is 9.59 Å². The van der Waals surface area contributed by atoms with Crippen LogP contribution < -0.4 is 15.6 Å². The van der Waals surface area contributed by atoms with E-state index in [4.69, 9.17) is 0 Å². The number of alkyl halides is 3. The van der Waals surface area contributed by atoms with Crippen molar-refractivity contribution in [2.24, 2.45) is 5.92 Å². The molecule has 1 aliphatic carbocycles. The van der Waals surface area contributed by atoms with Crippen LogP contribution in [0.1, 0.15) is 34.1 Å². The fourth-order valence-corrected chi connectivity index (χ4v) is 5.04. The number of thiophene rings is 1. The van der Waals surface area contributed by atoms with Crippen molar-refractivity contribution in [2.45, 2.75) is 32.5 Å². The average molecular weight is 438 g/mol. The van der Waals surface area contributed by atoms with Crippen molar-refractivity contribution in [1.29, 1.82) is 0 Å². The number of benzene rings is 1. The molecule has 0 spiro atoms. The molecular weight excluding hydrogens is 421 g/mol. The molecule has 10 heteroatoms. The van der Waals surface area contributed by atoms with E-state index in [1.165, 1.54) is 23.5 Å². The second-order valence-corrected chi connectivity index (χ2v) is 8.37. The number of carbonyl (C=O) groups excluding carboxylic acids is 1. The first-order valence-electron chi connectivity index (χ1n) is 9.19. The number of aromatic hydroxyl groups is 1. The highest BCUT2D eigenvalue weighted by Crippen LogP contribution is 2.41. The first-order valence-corrected chi connectivity index (χ1v) is 10.0. The lowest BCUT2D eigenvalue weighted by molar-refractivity contribution is -0.274. The molecule has 0 aliphatic heterocycles. The molecule has 1 unspecified atom stereocenters. The van der Waals surface area contributed by atoms with Crippen molar-refractivity contribution in [1.82, 2.24) is 4.98 Å². The smallest absolute Gasteiger partial charge is 0.506 e. The molecule has 0 fully saturated rings. The Balaban J connectivity index is 1.64. The van der Waals surface area contributed by atoms with Gasteiger partial charge in [-0.2, -0.15) is 0 Å². The SMILES string of the molecule is CC1CCc2c(sc3[nH]c(=O)c(C(=O)Nc4ccc(OC(F)(F)F)cc4)c(O)c23)C1. The van der Waals surface area contributed by atoms with Gasteiger partial charge in [0.1, 0.15) is 21.9 Å². The van der Waals surface area contributed by atoms with E-state index in [2.05, 4.69) is 22.0 Å². The number of pyridine rings is 1. The van der Waals surface area contributed by atoms with Crippen LogP contribution in [0, 0.1) is 5.92 Å². The third-order valence-corrected chi connectivity index (χ3v) is 6.18. The zero-order valence-corrected chi connectivity index (χ0v) is 16.5. The van der Waals surface area contributed by atoms with E-state index < -0.39 is 29.1 Å². The number of rotatable bonds is 3. The molecule has 1 amide bonds. The Kier molecular flexibility index (Phi) is 4.97. The Hall–Kier alpha value is -3.01. The van der Waals surface area contributed by atoms with Crippen molar-refractivity contribution in [3.63, 3.8) is 0 Å². The summed E-state index contributed by atoms with van der Waals surface area (Å²) >= 11 is 1.41. The Morgan fingerprint density at radius 3 is 2.67 bits per heavy atom. The van der Waals surface area contributed by atoms with Crippen molar-refractivity contribution < 1.29 is 27.8 Å². The molecule has 0 bridgehead atoms. The fraction of sp³-hybridized carbons (Fsp3) is 0.300. The van der Waals surface area contributed by atoms with Crippen molar-refractivity contribution >= 4 is 33.1 Å². The number of hydrogen-bond donors (Lipinski definition) is 3. The van der Waals surface area contributed by atoms with Gasteiger partial charge in [0.15, 0.2) is 0 Å². The number of fused-ring (bicyclic) bond motifs is 3. The summed E-state index contributed by atoms with van der Waals surface area (Å²) in [6, 6.07) is 4.48. The number of ether oxygens (including phenoxy) is 1. The van der Waals surface area contributed by atoms with Gasteiger partial charge in [-0.15, -0.1) is 24.5 Å². The molecular formula is C20H17F3N2O4S. The van der Waals surface area contributed by atoms with Crippen LogP contribution in [0.3, 0.4) is 0 Å². The first kappa shape index (κ1) is 20.3. The van der Waals surface area contributed by atoms with E-state index in [0.29, 0.717) is 16.1 Å². The van der Waals surface area contributed by atoms with Gasteiger partial charge in [0, 0.05) is 10.6 Å². The Morgan fingerprint density at radius 1 is 1.30 bits per heavy atom. The maximum absolute atomic E-state index is 12.7. The van der Waals surface area contributed by atoms with Crippen LogP contribution in [0.4, 0.5) is 18.9 Å². The molecule has 0 radical (unpaired) electrons. The lowest BCUT2D eigenvalue weighted by atomic mass is 9.89. The summed E-state index contributed by atoms with van der Waals surface area (Å²) in [5.41, 5.74) is -0.0716. The summed E-state index contributed by atoms with van der Waals surface area (Å²) in [6.45, 7) is 2.14. The molecule has 1 atom stereocenters. The van der Waals surface area contributed by atoms with E-state index >= 15 is 0 Å². The number of nitrogens with one attached hydrogen (secondary N) is 2. The zero-order chi connectivity index (χ0) is 21.6. The molecule has 1 aliphatic rings. The predicted octanol–water partition coefficient (Wildman–Crippen LogP) is 4.57. The van der Waals surface area contributed by atoms with E-state index in [1.807, 2.05) is 0 Å². The van der Waals surface area contributed by atoms with Gasteiger partial charge in [0.25, 0.3) is 11.5 Å². The molecule has 1 aromatic carbocycles.